The Balaban J connectivity index is 0.00000261. The van der Waals surface area contributed by atoms with Crippen molar-refractivity contribution in [2.75, 3.05) is 51.3 Å². The summed E-state index contributed by atoms with van der Waals surface area (Å²) >= 11 is 0. The number of anilines is 1. The van der Waals surface area contributed by atoms with E-state index in [-0.39, 0.29) is 24.0 Å². The molecule has 2 aromatic rings. The third-order valence-electron chi connectivity index (χ3n) is 4.55. The number of guanidine groups is 1. The SMILES string of the molecule is CN=C(NCCOCc1ccccc1)N1CCN(c2ccccc2)CC1.I. The van der Waals surface area contributed by atoms with Crippen molar-refractivity contribution >= 4 is 35.6 Å². The summed E-state index contributed by atoms with van der Waals surface area (Å²) in [5, 5.41) is 3.41. The van der Waals surface area contributed by atoms with Crippen molar-refractivity contribution in [1.29, 1.82) is 0 Å². The summed E-state index contributed by atoms with van der Waals surface area (Å²) in [4.78, 5) is 9.16. The van der Waals surface area contributed by atoms with Crippen molar-refractivity contribution in [2.45, 2.75) is 6.61 Å². The number of rotatable bonds is 6. The Morgan fingerprint density at radius 2 is 1.59 bits per heavy atom. The fraction of sp³-hybridized carbons (Fsp3) is 0.381. The molecule has 0 aromatic heterocycles. The van der Waals surface area contributed by atoms with Crippen molar-refractivity contribution in [3.05, 3.63) is 66.2 Å². The Morgan fingerprint density at radius 3 is 2.22 bits per heavy atom. The van der Waals surface area contributed by atoms with E-state index in [0.717, 1.165) is 38.7 Å². The number of halogens is 1. The minimum atomic E-state index is 0. The second-order valence-electron chi connectivity index (χ2n) is 6.32. The first-order valence-electron chi connectivity index (χ1n) is 9.24. The van der Waals surface area contributed by atoms with E-state index in [1.54, 1.807) is 0 Å². The Kier molecular flexibility index (Phi) is 9.41. The minimum absolute atomic E-state index is 0. The van der Waals surface area contributed by atoms with E-state index in [1.807, 2.05) is 25.2 Å². The van der Waals surface area contributed by atoms with Crippen LogP contribution in [0.1, 0.15) is 5.56 Å². The summed E-state index contributed by atoms with van der Waals surface area (Å²) in [6, 6.07) is 20.9. The predicted molar refractivity (Wildman–Crippen MR) is 123 cm³/mol. The fourth-order valence-corrected chi connectivity index (χ4v) is 3.15. The molecular weight excluding hydrogens is 451 g/mol. The number of nitrogens with zero attached hydrogens (tertiary/aromatic N) is 3. The first-order chi connectivity index (χ1) is 12.9. The van der Waals surface area contributed by atoms with Gasteiger partial charge >= 0.3 is 0 Å². The third kappa shape index (κ3) is 6.70. The van der Waals surface area contributed by atoms with Crippen LogP contribution >= 0.6 is 24.0 Å². The molecular formula is C21H29IN4O. The Bertz CT molecular complexity index is 673. The zero-order valence-corrected chi connectivity index (χ0v) is 18.2. The first kappa shape index (κ1) is 21.5. The van der Waals surface area contributed by atoms with Crippen molar-refractivity contribution in [1.82, 2.24) is 10.2 Å². The number of aliphatic imine (C=N–C) groups is 1. The number of para-hydroxylation sites is 1. The van der Waals surface area contributed by atoms with Crippen LogP contribution in [0.3, 0.4) is 0 Å². The van der Waals surface area contributed by atoms with Gasteiger partial charge in [-0.15, -0.1) is 24.0 Å². The molecule has 1 heterocycles. The first-order valence-corrected chi connectivity index (χ1v) is 9.24. The fourth-order valence-electron chi connectivity index (χ4n) is 3.15. The van der Waals surface area contributed by atoms with Crippen molar-refractivity contribution < 1.29 is 4.74 Å². The molecule has 0 atom stereocenters. The van der Waals surface area contributed by atoms with Crippen LogP contribution < -0.4 is 10.2 Å². The van der Waals surface area contributed by atoms with Crippen LogP contribution in [0.2, 0.25) is 0 Å². The lowest BCUT2D eigenvalue weighted by Gasteiger charge is -2.37. The largest absolute Gasteiger partial charge is 0.375 e. The molecule has 1 N–H and O–H groups in total. The zero-order valence-electron chi connectivity index (χ0n) is 15.9. The van der Waals surface area contributed by atoms with Crippen LogP contribution in [0, 0.1) is 0 Å². The molecule has 146 valence electrons. The summed E-state index contributed by atoms with van der Waals surface area (Å²) in [6.07, 6.45) is 0. The maximum absolute atomic E-state index is 5.73. The Hall–Kier alpha value is -1.80. The second kappa shape index (κ2) is 11.8. The lowest BCUT2D eigenvalue weighted by atomic mass is 10.2. The highest BCUT2D eigenvalue weighted by atomic mass is 127. The van der Waals surface area contributed by atoms with Crippen molar-refractivity contribution in [3.63, 3.8) is 0 Å². The number of benzene rings is 2. The third-order valence-corrected chi connectivity index (χ3v) is 4.55. The number of ether oxygens (including phenoxy) is 1. The van der Waals surface area contributed by atoms with Gasteiger partial charge in [0.1, 0.15) is 0 Å². The maximum Gasteiger partial charge on any atom is 0.193 e. The summed E-state index contributed by atoms with van der Waals surface area (Å²) in [5.74, 6) is 0.959. The molecule has 6 heteroatoms. The van der Waals surface area contributed by atoms with Gasteiger partial charge in [-0.05, 0) is 17.7 Å². The quantitative estimate of drug-likeness (QED) is 0.299. The highest BCUT2D eigenvalue weighted by Crippen LogP contribution is 2.15. The zero-order chi connectivity index (χ0) is 18.0. The molecule has 0 saturated carbocycles. The summed E-state index contributed by atoms with van der Waals surface area (Å²) in [7, 11) is 1.84. The molecule has 0 aliphatic carbocycles. The van der Waals surface area contributed by atoms with Crippen molar-refractivity contribution in [2.24, 2.45) is 4.99 Å². The molecule has 0 amide bonds. The molecule has 1 saturated heterocycles. The van der Waals surface area contributed by atoms with E-state index in [2.05, 4.69) is 62.6 Å². The smallest absolute Gasteiger partial charge is 0.193 e. The molecule has 1 fully saturated rings. The van der Waals surface area contributed by atoms with E-state index >= 15 is 0 Å². The van der Waals surface area contributed by atoms with E-state index < -0.39 is 0 Å². The molecule has 0 spiro atoms. The second-order valence-corrected chi connectivity index (χ2v) is 6.32. The lowest BCUT2D eigenvalue weighted by Crippen LogP contribution is -2.53. The molecule has 3 rings (SSSR count). The van der Waals surface area contributed by atoms with E-state index in [0.29, 0.717) is 13.2 Å². The molecule has 1 aliphatic heterocycles. The van der Waals surface area contributed by atoms with E-state index in [9.17, 15) is 0 Å². The highest BCUT2D eigenvalue weighted by Gasteiger charge is 2.19. The number of piperazine rings is 1. The average Bonchev–Trinajstić information content (AvgIpc) is 2.72. The van der Waals surface area contributed by atoms with Gasteiger partial charge in [0, 0.05) is 45.5 Å². The minimum Gasteiger partial charge on any atom is -0.375 e. The molecule has 0 bridgehead atoms. The van der Waals surface area contributed by atoms with Crippen LogP contribution in [0.15, 0.2) is 65.7 Å². The van der Waals surface area contributed by atoms with Crippen LogP contribution in [-0.2, 0) is 11.3 Å². The maximum atomic E-state index is 5.73. The number of hydrogen-bond acceptors (Lipinski definition) is 3. The average molecular weight is 480 g/mol. The molecule has 0 unspecified atom stereocenters. The highest BCUT2D eigenvalue weighted by molar-refractivity contribution is 14.0. The standard InChI is InChI=1S/C21H28N4O.HI/c1-22-21(23-12-17-26-18-19-8-4-2-5-9-19)25-15-13-24(14-16-25)20-10-6-3-7-11-20;/h2-11H,12-18H2,1H3,(H,22,23);1H. The van der Waals surface area contributed by atoms with Gasteiger partial charge in [0.05, 0.1) is 13.2 Å². The van der Waals surface area contributed by atoms with Crippen molar-refractivity contribution in [3.8, 4) is 0 Å². The molecule has 1 aliphatic rings. The van der Waals surface area contributed by atoms with Gasteiger partial charge in [-0.3, -0.25) is 4.99 Å². The Labute approximate surface area is 179 Å². The van der Waals surface area contributed by atoms with Gasteiger partial charge in [0.25, 0.3) is 0 Å². The van der Waals surface area contributed by atoms with Gasteiger partial charge in [0.2, 0.25) is 0 Å². The predicted octanol–water partition coefficient (Wildman–Crippen LogP) is 3.22. The lowest BCUT2D eigenvalue weighted by molar-refractivity contribution is 0.125. The van der Waals surface area contributed by atoms with Crippen LogP contribution in [0.4, 0.5) is 5.69 Å². The topological polar surface area (TPSA) is 40.1 Å². The monoisotopic (exact) mass is 480 g/mol. The molecule has 2 aromatic carbocycles. The van der Waals surface area contributed by atoms with Crippen LogP contribution in [-0.4, -0.2) is 57.2 Å². The molecule has 0 radical (unpaired) electrons. The van der Waals surface area contributed by atoms with Gasteiger partial charge in [0.15, 0.2) is 5.96 Å². The van der Waals surface area contributed by atoms with Gasteiger partial charge in [-0.25, -0.2) is 0 Å². The van der Waals surface area contributed by atoms with E-state index in [4.69, 9.17) is 4.74 Å². The molecule has 5 nitrogen and oxygen atoms in total. The molecule has 27 heavy (non-hydrogen) atoms. The van der Waals surface area contributed by atoms with Gasteiger partial charge in [-0.2, -0.15) is 0 Å². The van der Waals surface area contributed by atoms with Crippen LogP contribution in [0.5, 0.6) is 0 Å². The summed E-state index contributed by atoms with van der Waals surface area (Å²) < 4.78 is 5.73. The van der Waals surface area contributed by atoms with Gasteiger partial charge < -0.3 is 19.9 Å². The van der Waals surface area contributed by atoms with Crippen LogP contribution in [0.25, 0.3) is 0 Å². The van der Waals surface area contributed by atoms with E-state index in [1.165, 1.54) is 11.3 Å². The summed E-state index contributed by atoms with van der Waals surface area (Å²) in [5.41, 5.74) is 2.50. The van der Waals surface area contributed by atoms with Gasteiger partial charge in [-0.1, -0.05) is 48.5 Å². The number of hydrogen-bond donors (Lipinski definition) is 1. The summed E-state index contributed by atoms with van der Waals surface area (Å²) in [6.45, 7) is 6.04. The Morgan fingerprint density at radius 1 is 0.963 bits per heavy atom. The number of nitrogens with one attached hydrogen (secondary N) is 1. The normalized spacial score (nSPS) is 14.6.